The van der Waals surface area contributed by atoms with Gasteiger partial charge in [0, 0.05) is 17.9 Å². The number of phenolic OH excluding ortho intramolecular Hbond substituents is 1. The van der Waals surface area contributed by atoms with Crippen LogP contribution in [0.15, 0.2) is 12.1 Å². The summed E-state index contributed by atoms with van der Waals surface area (Å²) in [7, 11) is 0. The van der Waals surface area contributed by atoms with E-state index < -0.39 is 0 Å². The van der Waals surface area contributed by atoms with E-state index in [1.54, 1.807) is 11.8 Å². The predicted molar refractivity (Wildman–Crippen MR) is 69.8 cm³/mol. The van der Waals surface area contributed by atoms with Gasteiger partial charge in [-0.1, -0.05) is 23.2 Å². The number of hydrogen-bond donors (Lipinski definition) is 2. The highest BCUT2D eigenvalue weighted by atomic mass is 35.5. The summed E-state index contributed by atoms with van der Waals surface area (Å²) in [5.41, 5.74) is 0.485. The number of phenols is 1. The molecule has 0 aliphatic rings. The SMILES string of the molecule is CSCCC(=O)Nc1cc(Cl)c(O)c(Cl)c1. The summed E-state index contributed by atoms with van der Waals surface area (Å²) >= 11 is 13.0. The zero-order chi connectivity index (χ0) is 12.1. The highest BCUT2D eigenvalue weighted by Gasteiger charge is 2.08. The molecular formula is C10H11Cl2NO2S. The fraction of sp³-hybridized carbons (Fsp3) is 0.300. The lowest BCUT2D eigenvalue weighted by molar-refractivity contribution is -0.115. The van der Waals surface area contributed by atoms with E-state index in [1.807, 2.05) is 6.26 Å². The summed E-state index contributed by atoms with van der Waals surface area (Å²) in [4.78, 5) is 11.4. The standard InChI is InChI=1S/C10H11Cl2NO2S/c1-16-3-2-9(14)13-6-4-7(11)10(15)8(12)5-6/h4-5,15H,2-3H2,1H3,(H,13,14). The molecule has 0 aliphatic heterocycles. The van der Waals surface area contributed by atoms with E-state index in [0.717, 1.165) is 5.75 Å². The first-order chi connectivity index (χ1) is 7.54. The second-order valence-electron chi connectivity index (χ2n) is 3.08. The molecule has 0 fully saturated rings. The van der Waals surface area contributed by atoms with Crippen LogP contribution in [-0.2, 0) is 4.79 Å². The van der Waals surface area contributed by atoms with Gasteiger partial charge in [0.25, 0.3) is 0 Å². The topological polar surface area (TPSA) is 49.3 Å². The minimum Gasteiger partial charge on any atom is -0.505 e. The first kappa shape index (κ1) is 13.5. The lowest BCUT2D eigenvalue weighted by atomic mass is 10.3. The van der Waals surface area contributed by atoms with Crippen LogP contribution in [0.2, 0.25) is 10.0 Å². The molecule has 0 unspecified atom stereocenters. The Hall–Kier alpha value is -0.580. The van der Waals surface area contributed by atoms with Gasteiger partial charge in [-0.15, -0.1) is 0 Å². The van der Waals surface area contributed by atoms with Crippen molar-refractivity contribution in [3.63, 3.8) is 0 Å². The third-order valence-corrected chi connectivity index (χ3v) is 3.02. The average Bonchev–Trinajstić information content (AvgIpc) is 2.23. The van der Waals surface area contributed by atoms with Crippen molar-refractivity contribution in [2.24, 2.45) is 0 Å². The lowest BCUT2D eigenvalue weighted by Crippen LogP contribution is -2.12. The zero-order valence-electron chi connectivity index (χ0n) is 8.59. The number of thioether (sulfide) groups is 1. The van der Waals surface area contributed by atoms with E-state index in [-0.39, 0.29) is 21.7 Å². The van der Waals surface area contributed by atoms with Crippen LogP contribution in [0.25, 0.3) is 0 Å². The summed E-state index contributed by atoms with van der Waals surface area (Å²) in [6.45, 7) is 0. The van der Waals surface area contributed by atoms with Crippen molar-refractivity contribution in [3.8, 4) is 5.75 Å². The zero-order valence-corrected chi connectivity index (χ0v) is 10.9. The van der Waals surface area contributed by atoms with Gasteiger partial charge < -0.3 is 10.4 Å². The molecule has 0 heterocycles. The van der Waals surface area contributed by atoms with Crippen molar-refractivity contribution in [1.29, 1.82) is 0 Å². The molecule has 1 aromatic carbocycles. The Bertz CT molecular complexity index is 375. The number of amides is 1. The van der Waals surface area contributed by atoms with E-state index in [1.165, 1.54) is 12.1 Å². The van der Waals surface area contributed by atoms with Crippen molar-refractivity contribution in [2.75, 3.05) is 17.3 Å². The normalized spacial score (nSPS) is 10.2. The van der Waals surface area contributed by atoms with Crippen molar-refractivity contribution < 1.29 is 9.90 Å². The molecule has 0 atom stereocenters. The van der Waals surface area contributed by atoms with Crippen LogP contribution >= 0.6 is 35.0 Å². The van der Waals surface area contributed by atoms with Crippen LogP contribution in [0, 0.1) is 0 Å². The number of aromatic hydroxyl groups is 1. The van der Waals surface area contributed by atoms with Crippen LogP contribution in [0.1, 0.15) is 6.42 Å². The van der Waals surface area contributed by atoms with Gasteiger partial charge >= 0.3 is 0 Å². The Kier molecular flexibility index (Phi) is 5.25. The van der Waals surface area contributed by atoms with Crippen LogP contribution in [-0.4, -0.2) is 23.0 Å². The number of rotatable bonds is 4. The minimum absolute atomic E-state index is 0.104. The van der Waals surface area contributed by atoms with E-state index in [9.17, 15) is 9.90 Å². The Morgan fingerprint density at radius 1 is 1.44 bits per heavy atom. The summed E-state index contributed by atoms with van der Waals surface area (Å²) in [5, 5.41) is 12.2. The molecule has 0 aromatic heterocycles. The fourth-order valence-electron chi connectivity index (χ4n) is 1.06. The van der Waals surface area contributed by atoms with Gasteiger partial charge in [-0.2, -0.15) is 11.8 Å². The molecule has 0 saturated carbocycles. The molecule has 0 spiro atoms. The van der Waals surface area contributed by atoms with Gasteiger partial charge in [0.1, 0.15) is 0 Å². The van der Waals surface area contributed by atoms with E-state index in [4.69, 9.17) is 23.2 Å². The summed E-state index contributed by atoms with van der Waals surface area (Å²) in [6, 6.07) is 2.92. The van der Waals surface area contributed by atoms with Gasteiger partial charge in [-0.05, 0) is 18.4 Å². The Balaban J connectivity index is 2.71. The molecule has 1 amide bonds. The second-order valence-corrected chi connectivity index (χ2v) is 4.88. The molecule has 0 saturated heterocycles. The Morgan fingerprint density at radius 2 is 2.00 bits per heavy atom. The van der Waals surface area contributed by atoms with Crippen molar-refractivity contribution in [3.05, 3.63) is 22.2 Å². The number of halogens is 2. The lowest BCUT2D eigenvalue weighted by Gasteiger charge is -2.07. The number of carbonyl (C=O) groups is 1. The molecule has 88 valence electrons. The smallest absolute Gasteiger partial charge is 0.225 e. The maximum absolute atomic E-state index is 11.4. The van der Waals surface area contributed by atoms with Crippen LogP contribution in [0.3, 0.4) is 0 Å². The van der Waals surface area contributed by atoms with Gasteiger partial charge in [0.05, 0.1) is 10.0 Å². The predicted octanol–water partition coefficient (Wildman–Crippen LogP) is 3.39. The summed E-state index contributed by atoms with van der Waals surface area (Å²) in [5.74, 6) is 0.475. The molecule has 1 aromatic rings. The molecular weight excluding hydrogens is 269 g/mol. The molecule has 6 heteroatoms. The van der Waals surface area contributed by atoms with Crippen molar-refractivity contribution >= 4 is 46.6 Å². The van der Waals surface area contributed by atoms with Gasteiger partial charge in [-0.25, -0.2) is 0 Å². The van der Waals surface area contributed by atoms with Crippen LogP contribution in [0.5, 0.6) is 5.75 Å². The third kappa shape index (κ3) is 3.77. The molecule has 2 N–H and O–H groups in total. The van der Waals surface area contributed by atoms with Gasteiger partial charge in [-0.3, -0.25) is 4.79 Å². The highest BCUT2D eigenvalue weighted by Crippen LogP contribution is 2.34. The maximum atomic E-state index is 11.4. The fourth-order valence-corrected chi connectivity index (χ4v) is 1.93. The molecule has 0 bridgehead atoms. The third-order valence-electron chi connectivity index (χ3n) is 1.83. The summed E-state index contributed by atoms with van der Waals surface area (Å²) in [6.07, 6.45) is 2.36. The number of anilines is 1. The first-order valence-corrected chi connectivity index (χ1v) is 6.66. The molecule has 1 rings (SSSR count). The van der Waals surface area contributed by atoms with E-state index in [2.05, 4.69) is 5.32 Å². The second kappa shape index (κ2) is 6.23. The number of hydrogen-bond acceptors (Lipinski definition) is 3. The van der Waals surface area contributed by atoms with Gasteiger partial charge in [0.2, 0.25) is 5.91 Å². The van der Waals surface area contributed by atoms with E-state index in [0.29, 0.717) is 12.1 Å². The van der Waals surface area contributed by atoms with Crippen molar-refractivity contribution in [2.45, 2.75) is 6.42 Å². The summed E-state index contributed by atoms with van der Waals surface area (Å²) < 4.78 is 0. The number of nitrogens with one attached hydrogen (secondary N) is 1. The molecule has 0 aliphatic carbocycles. The Labute approximate surface area is 108 Å². The number of carbonyl (C=O) groups excluding carboxylic acids is 1. The van der Waals surface area contributed by atoms with Crippen LogP contribution in [0.4, 0.5) is 5.69 Å². The highest BCUT2D eigenvalue weighted by molar-refractivity contribution is 7.98. The quantitative estimate of drug-likeness (QED) is 0.831. The minimum atomic E-state index is -0.176. The Morgan fingerprint density at radius 3 is 2.50 bits per heavy atom. The molecule has 0 radical (unpaired) electrons. The largest absolute Gasteiger partial charge is 0.505 e. The average molecular weight is 280 g/mol. The molecule has 16 heavy (non-hydrogen) atoms. The monoisotopic (exact) mass is 279 g/mol. The molecule has 3 nitrogen and oxygen atoms in total. The van der Waals surface area contributed by atoms with E-state index >= 15 is 0 Å². The van der Waals surface area contributed by atoms with Crippen LogP contribution < -0.4 is 5.32 Å². The van der Waals surface area contributed by atoms with Gasteiger partial charge in [0.15, 0.2) is 5.75 Å². The van der Waals surface area contributed by atoms with Crippen molar-refractivity contribution in [1.82, 2.24) is 0 Å². The first-order valence-electron chi connectivity index (χ1n) is 4.51. The maximum Gasteiger partial charge on any atom is 0.225 e. The number of benzene rings is 1.